The number of aromatic hydroxyl groups is 1. The minimum Gasteiger partial charge on any atom is -0.507 e. The highest BCUT2D eigenvalue weighted by Gasteiger charge is 2.07. The highest BCUT2D eigenvalue weighted by molar-refractivity contribution is 5.90. The smallest absolute Gasteiger partial charge is 0.339 e. The molecule has 0 bridgehead atoms. The molecular formula is C11H14O3. The number of aromatic carboxylic acids is 1. The van der Waals surface area contributed by atoms with E-state index in [4.69, 9.17) is 10.2 Å². The molecule has 0 aliphatic heterocycles. The van der Waals surface area contributed by atoms with E-state index in [1.165, 1.54) is 12.1 Å². The van der Waals surface area contributed by atoms with Crippen LogP contribution in [0.1, 0.15) is 22.8 Å². The third-order valence-electron chi connectivity index (χ3n) is 1.38. The van der Waals surface area contributed by atoms with Gasteiger partial charge in [-0.15, -0.1) is 6.58 Å². The van der Waals surface area contributed by atoms with Crippen molar-refractivity contribution in [3.63, 3.8) is 0 Å². The molecule has 0 unspecified atom stereocenters. The van der Waals surface area contributed by atoms with Crippen molar-refractivity contribution in [3.05, 3.63) is 42.0 Å². The third kappa shape index (κ3) is 3.76. The van der Waals surface area contributed by atoms with Crippen molar-refractivity contribution in [2.75, 3.05) is 0 Å². The summed E-state index contributed by atoms with van der Waals surface area (Å²) < 4.78 is 0. The molecule has 2 N–H and O–H groups in total. The van der Waals surface area contributed by atoms with Gasteiger partial charge in [0.1, 0.15) is 11.3 Å². The molecule has 0 atom stereocenters. The fraction of sp³-hybridized carbons (Fsp3) is 0.182. The van der Waals surface area contributed by atoms with Crippen LogP contribution in [-0.4, -0.2) is 16.2 Å². The monoisotopic (exact) mass is 194 g/mol. The zero-order chi connectivity index (χ0) is 11.1. The molecule has 0 aromatic heterocycles. The molecule has 0 amide bonds. The Bertz CT molecular complexity index is 329. The van der Waals surface area contributed by atoms with Crippen LogP contribution in [0.4, 0.5) is 0 Å². The molecule has 0 heterocycles. The van der Waals surface area contributed by atoms with Gasteiger partial charge in [0, 0.05) is 0 Å². The van der Waals surface area contributed by atoms with Gasteiger partial charge in [0.05, 0.1) is 0 Å². The molecule has 76 valence electrons. The molecule has 14 heavy (non-hydrogen) atoms. The van der Waals surface area contributed by atoms with Crippen molar-refractivity contribution in [2.45, 2.75) is 13.8 Å². The summed E-state index contributed by atoms with van der Waals surface area (Å²) in [6.45, 7) is 7.03. The summed E-state index contributed by atoms with van der Waals surface area (Å²) in [4.78, 5) is 10.4. The van der Waals surface area contributed by atoms with Crippen LogP contribution in [0.3, 0.4) is 0 Å². The van der Waals surface area contributed by atoms with Gasteiger partial charge in [0.15, 0.2) is 0 Å². The number of hydrogen-bond donors (Lipinski definition) is 2. The fourth-order valence-electron chi connectivity index (χ4n) is 0.823. The molecule has 3 nitrogen and oxygen atoms in total. The van der Waals surface area contributed by atoms with Gasteiger partial charge >= 0.3 is 5.97 Å². The normalized spacial score (nSPS) is 8.43. The minimum atomic E-state index is -1.11. The lowest BCUT2D eigenvalue weighted by molar-refractivity contribution is 0.0694. The molecule has 0 aliphatic rings. The van der Waals surface area contributed by atoms with Crippen molar-refractivity contribution < 1.29 is 15.0 Å². The standard InChI is InChI=1S/C8H8O3.C3H6/c1-5-2-3-6(8(10)11)7(9)4-5;1-3-2/h2-4,9H,1H3,(H,10,11);3H,1H2,2H3. The van der Waals surface area contributed by atoms with Crippen molar-refractivity contribution in [1.29, 1.82) is 0 Å². The first kappa shape index (κ1) is 12.2. The summed E-state index contributed by atoms with van der Waals surface area (Å²) in [6, 6.07) is 4.44. The third-order valence-corrected chi connectivity index (χ3v) is 1.38. The van der Waals surface area contributed by atoms with Crippen LogP contribution in [0.25, 0.3) is 0 Å². The Kier molecular flexibility index (Phi) is 5.07. The van der Waals surface area contributed by atoms with Crippen LogP contribution in [0.5, 0.6) is 5.75 Å². The van der Waals surface area contributed by atoms with Gasteiger partial charge in [-0.3, -0.25) is 0 Å². The number of carboxylic acids is 1. The number of phenols is 1. The summed E-state index contributed by atoms with van der Waals surface area (Å²) in [5.74, 6) is -1.29. The number of benzene rings is 1. The van der Waals surface area contributed by atoms with E-state index in [1.807, 2.05) is 6.92 Å². The van der Waals surface area contributed by atoms with Crippen molar-refractivity contribution in [3.8, 4) is 5.75 Å². The average Bonchev–Trinajstić information content (AvgIpc) is 2.04. The molecule has 0 fully saturated rings. The highest BCUT2D eigenvalue weighted by Crippen LogP contribution is 2.17. The van der Waals surface area contributed by atoms with Crippen LogP contribution in [0.2, 0.25) is 0 Å². The van der Waals surface area contributed by atoms with E-state index in [9.17, 15) is 4.79 Å². The summed E-state index contributed by atoms with van der Waals surface area (Å²) in [7, 11) is 0. The maximum Gasteiger partial charge on any atom is 0.339 e. The Balaban J connectivity index is 0.000000500. The SMILES string of the molecule is C=CC.Cc1ccc(C(=O)O)c(O)c1. The molecule has 1 aromatic carbocycles. The molecule has 1 rings (SSSR count). The van der Waals surface area contributed by atoms with Crippen molar-refractivity contribution >= 4 is 5.97 Å². The van der Waals surface area contributed by atoms with Crippen LogP contribution in [-0.2, 0) is 0 Å². The minimum absolute atomic E-state index is 0.0596. The molecule has 0 saturated carbocycles. The maximum atomic E-state index is 10.4. The number of hydrogen-bond acceptors (Lipinski definition) is 2. The largest absolute Gasteiger partial charge is 0.507 e. The van der Waals surface area contributed by atoms with Gasteiger partial charge in [-0.1, -0.05) is 12.1 Å². The number of carboxylic acid groups (broad SMARTS) is 1. The first-order valence-electron chi connectivity index (χ1n) is 4.12. The second-order valence-corrected chi connectivity index (χ2v) is 2.73. The lowest BCUT2D eigenvalue weighted by Crippen LogP contribution is -1.96. The lowest BCUT2D eigenvalue weighted by atomic mass is 10.1. The van der Waals surface area contributed by atoms with Gasteiger partial charge in [-0.05, 0) is 31.5 Å². The molecule has 1 aromatic rings. The van der Waals surface area contributed by atoms with Crippen LogP contribution in [0, 0.1) is 6.92 Å². The summed E-state index contributed by atoms with van der Waals surface area (Å²) >= 11 is 0. The summed E-state index contributed by atoms with van der Waals surface area (Å²) in [6.07, 6.45) is 1.75. The van der Waals surface area contributed by atoms with Gasteiger partial charge in [0.25, 0.3) is 0 Å². The molecule has 3 heteroatoms. The second kappa shape index (κ2) is 5.80. The summed E-state index contributed by atoms with van der Waals surface area (Å²) in [5.41, 5.74) is 0.781. The number of rotatable bonds is 1. The maximum absolute atomic E-state index is 10.4. The first-order valence-corrected chi connectivity index (χ1v) is 4.12. The second-order valence-electron chi connectivity index (χ2n) is 2.73. The Morgan fingerprint density at radius 1 is 1.50 bits per heavy atom. The molecule has 0 aliphatic carbocycles. The van der Waals surface area contributed by atoms with E-state index in [0.717, 1.165) is 5.56 Å². The molecular weight excluding hydrogens is 180 g/mol. The van der Waals surface area contributed by atoms with Crippen molar-refractivity contribution in [2.24, 2.45) is 0 Å². The zero-order valence-electron chi connectivity index (χ0n) is 8.32. The van der Waals surface area contributed by atoms with Gasteiger partial charge < -0.3 is 10.2 Å². The highest BCUT2D eigenvalue weighted by atomic mass is 16.4. The lowest BCUT2D eigenvalue weighted by Gasteiger charge is -1.98. The molecule has 0 spiro atoms. The summed E-state index contributed by atoms with van der Waals surface area (Å²) in [5, 5.41) is 17.6. The molecule has 0 radical (unpaired) electrons. The number of aryl methyl sites for hydroxylation is 1. The van der Waals surface area contributed by atoms with Crippen LogP contribution >= 0.6 is 0 Å². The predicted molar refractivity (Wildman–Crippen MR) is 55.7 cm³/mol. The average molecular weight is 194 g/mol. The van der Waals surface area contributed by atoms with Gasteiger partial charge in [-0.25, -0.2) is 4.79 Å². The predicted octanol–water partition coefficient (Wildman–Crippen LogP) is 2.59. The Morgan fingerprint density at radius 3 is 2.36 bits per heavy atom. The number of allylic oxidation sites excluding steroid dienone is 1. The van der Waals surface area contributed by atoms with E-state index in [0.29, 0.717) is 0 Å². The van der Waals surface area contributed by atoms with E-state index in [-0.39, 0.29) is 11.3 Å². The van der Waals surface area contributed by atoms with E-state index >= 15 is 0 Å². The van der Waals surface area contributed by atoms with E-state index < -0.39 is 5.97 Å². The Labute approximate surface area is 83.3 Å². The van der Waals surface area contributed by atoms with Crippen LogP contribution < -0.4 is 0 Å². The quantitative estimate of drug-likeness (QED) is 0.675. The molecule has 0 saturated heterocycles. The van der Waals surface area contributed by atoms with Gasteiger partial charge in [-0.2, -0.15) is 0 Å². The van der Waals surface area contributed by atoms with E-state index in [1.54, 1.807) is 19.1 Å². The topological polar surface area (TPSA) is 57.5 Å². The Hall–Kier alpha value is -1.77. The first-order chi connectivity index (χ1) is 6.52. The Morgan fingerprint density at radius 2 is 2.00 bits per heavy atom. The van der Waals surface area contributed by atoms with Crippen LogP contribution in [0.15, 0.2) is 30.9 Å². The van der Waals surface area contributed by atoms with Gasteiger partial charge in [0.2, 0.25) is 0 Å². The fourth-order valence-corrected chi connectivity index (χ4v) is 0.823. The number of carbonyl (C=O) groups is 1. The van der Waals surface area contributed by atoms with Crippen molar-refractivity contribution in [1.82, 2.24) is 0 Å². The van der Waals surface area contributed by atoms with E-state index in [2.05, 4.69) is 6.58 Å². The zero-order valence-corrected chi connectivity index (χ0v) is 8.32.